The van der Waals surface area contributed by atoms with E-state index in [0.717, 1.165) is 38.9 Å². The van der Waals surface area contributed by atoms with E-state index in [1.807, 2.05) is 0 Å². The molecule has 4 saturated carbocycles. The highest BCUT2D eigenvalue weighted by Gasteiger charge is 2.70. The zero-order valence-corrected chi connectivity index (χ0v) is 21.6. The van der Waals surface area contributed by atoms with Gasteiger partial charge in [-0.25, -0.2) is 0 Å². The summed E-state index contributed by atoms with van der Waals surface area (Å²) in [4.78, 5) is 0. The lowest BCUT2D eigenvalue weighted by Gasteiger charge is -2.49. The second-order valence-corrected chi connectivity index (χ2v) is 12.5. The molecule has 0 aromatic heterocycles. The predicted octanol–water partition coefficient (Wildman–Crippen LogP) is 5.65. The number of fused-ring (bicyclic) bond motifs is 4. The molecule has 4 rings (SSSR count). The predicted molar refractivity (Wildman–Crippen MR) is 130 cm³/mol. The summed E-state index contributed by atoms with van der Waals surface area (Å²) in [6, 6.07) is 0. The monoisotopic (exact) mass is 456 g/mol. The van der Waals surface area contributed by atoms with E-state index in [9.17, 15) is 0 Å². The van der Waals surface area contributed by atoms with E-state index in [-0.39, 0.29) is 40.7 Å². The van der Waals surface area contributed by atoms with Crippen molar-refractivity contribution in [3.05, 3.63) is 0 Å². The first kappa shape index (κ1) is 24.8. The van der Waals surface area contributed by atoms with Crippen LogP contribution in [0.1, 0.15) is 80.1 Å². The number of rotatable bonds is 6. The quantitative estimate of drug-likeness (QED) is 0.484. The van der Waals surface area contributed by atoms with Gasteiger partial charge in [-0.05, 0) is 92.3 Å². The van der Waals surface area contributed by atoms with Gasteiger partial charge in [0.25, 0.3) is 0 Å². The molecule has 0 aromatic rings. The molecule has 9 atom stereocenters. The van der Waals surface area contributed by atoms with Gasteiger partial charge in [0.2, 0.25) is 0 Å². The maximum atomic E-state index is 6.31. The Morgan fingerprint density at radius 1 is 0.636 bits per heavy atom. The van der Waals surface area contributed by atoms with E-state index >= 15 is 0 Å². The van der Waals surface area contributed by atoms with Gasteiger partial charge in [-0.3, -0.25) is 0 Å². The summed E-state index contributed by atoms with van der Waals surface area (Å²) in [5.74, 6) is 2.39. The smallest absolute Gasteiger partial charge is 0.148 e. The third kappa shape index (κ3) is 4.06. The molecule has 0 aromatic carbocycles. The van der Waals surface area contributed by atoms with Crippen LogP contribution < -0.4 is 0 Å². The van der Waals surface area contributed by atoms with Crippen molar-refractivity contribution in [2.24, 2.45) is 39.9 Å². The number of hydrogen-bond donors (Lipinski definition) is 0. The minimum Gasteiger partial charge on any atom is -0.439 e. The normalized spacial score (nSPS) is 45.0. The molecule has 0 bridgehead atoms. The minimum atomic E-state index is -0.136. The van der Waals surface area contributed by atoms with Crippen LogP contribution in [0.3, 0.4) is 0 Å². The van der Waals surface area contributed by atoms with Gasteiger partial charge in [-0.1, -0.05) is 40.5 Å². The number of ether oxygens (including phenoxy) is 4. The molecule has 0 heterocycles. The lowest BCUT2D eigenvalue weighted by atomic mass is 9.59. The van der Waals surface area contributed by atoms with Crippen LogP contribution in [0.5, 0.6) is 0 Å². The first-order valence-electron chi connectivity index (χ1n) is 13.1. The summed E-state index contributed by atoms with van der Waals surface area (Å²) >= 11 is 0. The van der Waals surface area contributed by atoms with E-state index in [1.54, 1.807) is 0 Å². The van der Waals surface area contributed by atoms with Gasteiger partial charge in [0, 0.05) is 13.2 Å². The summed E-state index contributed by atoms with van der Waals surface area (Å²) < 4.78 is 24.0. The lowest BCUT2D eigenvalue weighted by Crippen LogP contribution is -2.49. The molecular weight excluding hydrogens is 412 g/mol. The van der Waals surface area contributed by atoms with Crippen molar-refractivity contribution in [2.75, 3.05) is 13.2 Å². The molecule has 0 radical (unpaired) electrons. The second kappa shape index (κ2) is 9.02. The van der Waals surface area contributed by atoms with Crippen LogP contribution >= 0.6 is 0 Å². The zero-order chi connectivity index (χ0) is 24.0. The van der Waals surface area contributed by atoms with E-state index in [0.29, 0.717) is 23.7 Å². The van der Waals surface area contributed by atoms with Gasteiger partial charge >= 0.3 is 0 Å². The Kier molecular flexibility index (Phi) is 6.76. The van der Waals surface area contributed by atoms with Crippen LogP contribution in [0.2, 0.25) is 0 Å². The van der Waals surface area contributed by atoms with Crippen molar-refractivity contribution in [1.82, 2.24) is 0 Å². The maximum Gasteiger partial charge on any atom is 0.148 e. The van der Waals surface area contributed by atoms with E-state index in [1.165, 1.54) is 12.8 Å². The highest BCUT2D eigenvalue weighted by molar-refractivity contribution is 5.18. The summed E-state index contributed by atoms with van der Waals surface area (Å²) in [6.07, 6.45) is 22.6. The van der Waals surface area contributed by atoms with Crippen molar-refractivity contribution < 1.29 is 18.9 Å². The Bertz CT molecular complexity index is 788. The Labute approximate surface area is 201 Å². The van der Waals surface area contributed by atoms with Crippen molar-refractivity contribution in [3.8, 4) is 25.1 Å². The third-order valence-corrected chi connectivity index (χ3v) is 10.00. The molecule has 4 nitrogen and oxygen atoms in total. The molecule has 33 heavy (non-hydrogen) atoms. The number of hydrogen-bond acceptors (Lipinski definition) is 4. The summed E-state index contributed by atoms with van der Waals surface area (Å²) in [5.41, 5.74) is 0.772. The Morgan fingerprint density at radius 2 is 1.00 bits per heavy atom. The summed E-state index contributed by atoms with van der Waals surface area (Å²) in [7, 11) is 0. The first-order valence-corrected chi connectivity index (χ1v) is 13.1. The van der Waals surface area contributed by atoms with Crippen molar-refractivity contribution in [2.45, 2.75) is 104 Å². The standard InChI is InChI=1S/C29H44O4/c1-9-30-23-13-19-21(15-25(23)32-11-3)29(17-27(19,5)6)18-28(7,8)20-14-24(31-10-2)26(33-12-4)16-22(20)29/h1,3,19-26H,10,12-18H2,2,4-8H3. The van der Waals surface area contributed by atoms with Gasteiger partial charge < -0.3 is 18.9 Å². The molecule has 0 aliphatic heterocycles. The van der Waals surface area contributed by atoms with Crippen LogP contribution in [0.15, 0.2) is 0 Å². The highest BCUT2D eigenvalue weighted by atomic mass is 16.5. The Hall–Kier alpha value is -1.36. The minimum absolute atomic E-state index is 0.128. The van der Waals surface area contributed by atoms with E-state index < -0.39 is 0 Å². The Balaban J connectivity index is 1.71. The van der Waals surface area contributed by atoms with Crippen molar-refractivity contribution >= 4 is 0 Å². The largest absolute Gasteiger partial charge is 0.439 e. The van der Waals surface area contributed by atoms with Gasteiger partial charge in [-0.15, -0.1) is 0 Å². The van der Waals surface area contributed by atoms with E-state index in [4.69, 9.17) is 31.8 Å². The topological polar surface area (TPSA) is 36.9 Å². The Morgan fingerprint density at radius 3 is 1.39 bits per heavy atom. The second-order valence-electron chi connectivity index (χ2n) is 12.5. The third-order valence-electron chi connectivity index (χ3n) is 10.00. The van der Waals surface area contributed by atoms with Gasteiger partial charge in [0.05, 0.1) is 12.2 Å². The van der Waals surface area contributed by atoms with Crippen LogP contribution in [-0.2, 0) is 18.9 Å². The summed E-state index contributed by atoms with van der Waals surface area (Å²) in [5, 5.41) is 0. The van der Waals surface area contributed by atoms with Gasteiger partial charge in [0.15, 0.2) is 0 Å². The molecule has 4 aliphatic rings. The number of terminal acetylenes is 2. The fraction of sp³-hybridized carbons (Fsp3) is 0.862. The van der Waals surface area contributed by atoms with Crippen LogP contribution in [0, 0.1) is 65.0 Å². The molecule has 4 aliphatic carbocycles. The molecule has 184 valence electrons. The fourth-order valence-corrected chi connectivity index (χ4v) is 9.29. The fourth-order valence-electron chi connectivity index (χ4n) is 9.29. The maximum absolute atomic E-state index is 6.31. The van der Waals surface area contributed by atoms with Gasteiger partial charge in [0.1, 0.15) is 24.4 Å². The molecule has 1 spiro atoms. The molecule has 0 N–H and O–H groups in total. The molecule has 0 amide bonds. The van der Waals surface area contributed by atoms with Crippen molar-refractivity contribution in [1.29, 1.82) is 0 Å². The van der Waals surface area contributed by atoms with Crippen molar-refractivity contribution in [3.63, 3.8) is 0 Å². The first-order chi connectivity index (χ1) is 15.6. The average Bonchev–Trinajstić information content (AvgIpc) is 3.09. The van der Waals surface area contributed by atoms with Crippen LogP contribution in [0.4, 0.5) is 0 Å². The summed E-state index contributed by atoms with van der Waals surface area (Å²) in [6.45, 7) is 15.6. The van der Waals surface area contributed by atoms with Crippen LogP contribution in [0.25, 0.3) is 0 Å². The SMILES string of the molecule is C#COC1CC2C(CC1OC#C)C1(CC2(C)C)CC(C)(C)C2CC(OCC)C(OCC)CC21. The lowest BCUT2D eigenvalue weighted by molar-refractivity contribution is -0.131. The molecular formula is C29H44O4. The highest BCUT2D eigenvalue weighted by Crippen LogP contribution is 2.75. The zero-order valence-electron chi connectivity index (χ0n) is 21.6. The van der Waals surface area contributed by atoms with Gasteiger partial charge in [-0.2, -0.15) is 0 Å². The molecule has 9 unspecified atom stereocenters. The van der Waals surface area contributed by atoms with E-state index in [2.05, 4.69) is 53.8 Å². The molecule has 0 saturated heterocycles. The average molecular weight is 457 g/mol. The van der Waals surface area contributed by atoms with Crippen LogP contribution in [-0.4, -0.2) is 37.6 Å². The molecule has 4 fully saturated rings. The molecule has 4 heteroatoms.